The number of nitrogens with two attached hydrogens (primary N) is 2. The molecule has 6 N–H and O–H groups in total. The van der Waals surface area contributed by atoms with Gasteiger partial charge in [-0.15, -0.1) is 23.1 Å². The topological polar surface area (TPSA) is 234 Å². The number of thiazole rings is 1. The zero-order chi connectivity index (χ0) is 28.4. The maximum absolute atomic E-state index is 13.0. The smallest absolute Gasteiger partial charge is 0.374 e. The van der Waals surface area contributed by atoms with Crippen molar-refractivity contribution in [2.75, 3.05) is 11.5 Å². The molecule has 1 saturated heterocycles. The van der Waals surface area contributed by atoms with Crippen LogP contribution >= 0.6 is 23.1 Å². The Bertz CT molecular complexity index is 1470. The number of aliphatic carboxylic acids is 2. The Hall–Kier alpha value is -4.77. The third-order valence-electron chi connectivity index (χ3n) is 5.54. The lowest BCUT2D eigenvalue weighted by atomic mass is 10.0. The lowest BCUT2D eigenvalue weighted by Gasteiger charge is -2.50. The van der Waals surface area contributed by atoms with Crippen molar-refractivity contribution in [3.05, 3.63) is 64.8 Å². The molecule has 4 heterocycles. The molecule has 1 fully saturated rings. The molecule has 17 heteroatoms. The number of thioether (sulfide) groups is 1. The molecule has 4 rings (SSSR count). The number of amides is 3. The Balaban J connectivity index is 1.53. The van der Waals surface area contributed by atoms with Crippen LogP contribution in [0.15, 0.2) is 58.7 Å². The number of hydrogen-bond donors (Lipinski definition) is 4. The van der Waals surface area contributed by atoms with Gasteiger partial charge in [-0.25, -0.2) is 14.3 Å². The van der Waals surface area contributed by atoms with Gasteiger partial charge in [0.05, 0.1) is 17.2 Å². The molecule has 2 aromatic rings. The normalized spacial score (nSPS) is 18.6. The molecule has 0 aliphatic carbocycles. The predicted molar refractivity (Wildman–Crippen MR) is 133 cm³/mol. The van der Waals surface area contributed by atoms with E-state index in [0.717, 1.165) is 16.2 Å². The third-order valence-corrected chi connectivity index (χ3v) is 7.56. The van der Waals surface area contributed by atoms with Crippen molar-refractivity contribution in [3.8, 4) is 0 Å². The second kappa shape index (κ2) is 10.9. The van der Waals surface area contributed by atoms with Crippen LogP contribution < -0.4 is 26.5 Å². The fourth-order valence-corrected chi connectivity index (χ4v) is 5.57. The molecule has 0 radical (unpaired) electrons. The van der Waals surface area contributed by atoms with Crippen LogP contribution in [0, 0.1) is 0 Å². The summed E-state index contributed by atoms with van der Waals surface area (Å²) in [7, 11) is 0. The number of aromatic nitrogens is 2. The predicted octanol–water partition coefficient (Wildman–Crippen LogP) is -2.47. The molecule has 0 spiro atoms. The summed E-state index contributed by atoms with van der Waals surface area (Å²) in [6, 6.07) is 1.82. The average molecular weight is 574 g/mol. The Morgan fingerprint density at radius 3 is 2.59 bits per heavy atom. The first-order chi connectivity index (χ1) is 18.5. The number of nitrogens with zero attached hydrogens (tertiary/aromatic N) is 4. The van der Waals surface area contributed by atoms with Crippen LogP contribution in [-0.2, 0) is 30.6 Å². The Kier molecular flexibility index (Phi) is 7.63. The number of rotatable bonds is 10. The summed E-state index contributed by atoms with van der Waals surface area (Å²) in [5.41, 5.74) is 10.7. The monoisotopic (exact) mass is 573 g/mol. The van der Waals surface area contributed by atoms with Gasteiger partial charge in [0.25, 0.3) is 11.8 Å². The highest BCUT2D eigenvalue weighted by atomic mass is 32.2. The molecule has 2 atom stereocenters. The van der Waals surface area contributed by atoms with Gasteiger partial charge < -0.3 is 36.6 Å². The summed E-state index contributed by atoms with van der Waals surface area (Å²) in [4.78, 5) is 69.9. The standard InChI is InChI=1S/C22H19N7O8S2/c1-9(20(33)34)37-27-13(12-8-39-22(24)25-12)17(31)26-14-18(32)29-15(21(35)36)11(7-38-19(14)29)6-28-4-2-10(3-5-28)16(23)30/h2-5,8,14,19H,1,6-7H2,(H6-,23,24,25,26,30,31,33,34,35,36)/t14-,19+/m1/s1. The fraction of sp³-hybridized carbons (Fsp3) is 0.182. The highest BCUT2D eigenvalue weighted by Gasteiger charge is 2.53. The van der Waals surface area contributed by atoms with Crippen molar-refractivity contribution in [2.24, 2.45) is 10.9 Å². The number of carbonyl (C=O) groups is 5. The van der Waals surface area contributed by atoms with E-state index in [1.54, 1.807) is 17.0 Å². The lowest BCUT2D eigenvalue weighted by molar-refractivity contribution is -0.689. The van der Waals surface area contributed by atoms with Crippen molar-refractivity contribution in [2.45, 2.75) is 18.0 Å². The first-order valence-electron chi connectivity index (χ1n) is 10.8. The quantitative estimate of drug-likeness (QED) is 0.0580. The van der Waals surface area contributed by atoms with Crippen LogP contribution in [0.2, 0.25) is 0 Å². The number of oxime groups is 1. The van der Waals surface area contributed by atoms with Crippen molar-refractivity contribution in [3.63, 3.8) is 0 Å². The molecule has 0 unspecified atom stereocenters. The molecule has 3 amide bonds. The molecule has 2 aromatic heterocycles. The van der Waals surface area contributed by atoms with E-state index in [-0.39, 0.29) is 34.4 Å². The number of hydrogen-bond acceptors (Lipinski definition) is 12. The van der Waals surface area contributed by atoms with E-state index in [2.05, 4.69) is 22.0 Å². The number of anilines is 1. The summed E-state index contributed by atoms with van der Waals surface area (Å²) in [5, 5.41) is 27.6. The van der Waals surface area contributed by atoms with E-state index in [9.17, 15) is 29.1 Å². The third kappa shape index (κ3) is 5.58. The Labute approximate surface area is 227 Å². The van der Waals surface area contributed by atoms with E-state index in [0.29, 0.717) is 5.57 Å². The summed E-state index contributed by atoms with van der Waals surface area (Å²) in [6.07, 6.45) is 3.09. The van der Waals surface area contributed by atoms with E-state index in [1.807, 2.05) is 0 Å². The van der Waals surface area contributed by atoms with Crippen LogP contribution in [0.1, 0.15) is 16.1 Å². The molecule has 39 heavy (non-hydrogen) atoms. The summed E-state index contributed by atoms with van der Waals surface area (Å²) in [5.74, 6) is -5.92. The van der Waals surface area contributed by atoms with Crippen molar-refractivity contribution in [1.82, 2.24) is 15.2 Å². The van der Waals surface area contributed by atoms with Crippen LogP contribution in [0.4, 0.5) is 5.13 Å². The highest BCUT2D eigenvalue weighted by molar-refractivity contribution is 8.00. The minimum absolute atomic E-state index is 0.0369. The fourth-order valence-electron chi connectivity index (χ4n) is 3.69. The van der Waals surface area contributed by atoms with Gasteiger partial charge in [-0.2, -0.15) is 0 Å². The van der Waals surface area contributed by atoms with E-state index < -0.39 is 52.5 Å². The van der Waals surface area contributed by atoms with Gasteiger partial charge in [-0.05, 0) is 6.58 Å². The number of fused-ring (bicyclic) bond motifs is 1. The number of carboxylic acid groups (broad SMARTS) is 2. The van der Waals surface area contributed by atoms with Gasteiger partial charge in [-0.3, -0.25) is 19.3 Å². The number of pyridine rings is 1. The second-order valence-electron chi connectivity index (χ2n) is 8.05. The first-order valence-corrected chi connectivity index (χ1v) is 12.8. The molecule has 0 aromatic carbocycles. The number of nitrogens with one attached hydrogen (secondary N) is 1. The number of carbonyl (C=O) groups excluding carboxylic acids is 4. The van der Waals surface area contributed by atoms with E-state index in [4.69, 9.17) is 21.4 Å². The largest absolute Gasteiger partial charge is 0.543 e. The molecule has 2 aliphatic rings. The minimum atomic E-state index is -1.57. The number of β-lactam (4-membered cyclic amide) rings is 1. The SMILES string of the molecule is C=C(ON=C(C(=O)N[C@@H]1C(=O)N2C(C(=O)[O-])=C(C[n+]3ccc(C(N)=O)cc3)CS[C@@H]12)c1csc(N)n1)C(=O)O. The van der Waals surface area contributed by atoms with Gasteiger partial charge in [0.2, 0.25) is 11.7 Å². The van der Waals surface area contributed by atoms with Gasteiger partial charge >= 0.3 is 5.97 Å². The zero-order valence-electron chi connectivity index (χ0n) is 19.7. The maximum atomic E-state index is 13.0. The van der Waals surface area contributed by atoms with Gasteiger partial charge in [-0.1, -0.05) is 5.16 Å². The van der Waals surface area contributed by atoms with Crippen LogP contribution in [0.5, 0.6) is 0 Å². The van der Waals surface area contributed by atoms with Crippen LogP contribution in [0.25, 0.3) is 0 Å². The van der Waals surface area contributed by atoms with E-state index in [1.165, 1.54) is 29.3 Å². The minimum Gasteiger partial charge on any atom is -0.543 e. The zero-order valence-corrected chi connectivity index (χ0v) is 21.4. The van der Waals surface area contributed by atoms with Crippen molar-refractivity contribution < 1.29 is 43.6 Å². The van der Waals surface area contributed by atoms with Gasteiger partial charge in [0.1, 0.15) is 17.1 Å². The molecule has 2 aliphatic heterocycles. The summed E-state index contributed by atoms with van der Waals surface area (Å²) in [6.45, 7) is 3.25. The van der Waals surface area contributed by atoms with E-state index >= 15 is 0 Å². The van der Waals surface area contributed by atoms with Gasteiger partial charge in [0.15, 0.2) is 29.8 Å². The highest BCUT2D eigenvalue weighted by Crippen LogP contribution is 2.40. The number of primary amides is 1. The number of nitrogen functional groups attached to an aromatic ring is 1. The Morgan fingerprint density at radius 2 is 2.03 bits per heavy atom. The van der Waals surface area contributed by atoms with Crippen molar-refractivity contribution in [1.29, 1.82) is 0 Å². The number of carboxylic acids is 2. The molecule has 0 bridgehead atoms. The lowest BCUT2D eigenvalue weighted by Crippen LogP contribution is -2.71. The van der Waals surface area contributed by atoms with Crippen LogP contribution in [-0.4, -0.2) is 67.5 Å². The maximum Gasteiger partial charge on any atom is 0.374 e. The molecular weight excluding hydrogens is 554 g/mol. The molecule has 202 valence electrons. The van der Waals surface area contributed by atoms with Gasteiger partial charge in [0, 0.05) is 28.8 Å². The molecule has 0 saturated carbocycles. The van der Waals surface area contributed by atoms with Crippen molar-refractivity contribution >= 4 is 63.6 Å². The summed E-state index contributed by atoms with van der Waals surface area (Å²) >= 11 is 2.20. The second-order valence-corrected chi connectivity index (χ2v) is 10.0. The first kappa shape index (κ1) is 27.3. The molecular formula is C22H19N7O8S2. The van der Waals surface area contributed by atoms with Crippen LogP contribution in [0.3, 0.4) is 0 Å². The summed E-state index contributed by atoms with van der Waals surface area (Å²) < 4.78 is 1.61. The Morgan fingerprint density at radius 1 is 1.33 bits per heavy atom. The molecule has 15 nitrogen and oxygen atoms in total. The average Bonchev–Trinajstić information content (AvgIpc) is 3.32.